The Morgan fingerprint density at radius 3 is 2.50 bits per heavy atom. The van der Waals surface area contributed by atoms with Crippen molar-refractivity contribution < 1.29 is 9.21 Å². The van der Waals surface area contributed by atoms with Gasteiger partial charge >= 0.3 is 0 Å². The Morgan fingerprint density at radius 2 is 1.75 bits per heavy atom. The molecule has 3 heterocycles. The third kappa shape index (κ3) is 4.09. The normalized spacial score (nSPS) is 10.9. The molecular formula is C25H21N5O2. The molecule has 0 atom stereocenters. The average Bonchev–Trinajstić information content (AvgIpc) is 3.60. The molecule has 0 fully saturated rings. The number of carbonyl (C=O) groups excluding carboxylic acids is 1. The first kappa shape index (κ1) is 19.6. The summed E-state index contributed by atoms with van der Waals surface area (Å²) in [4.78, 5) is 13.2. The lowest BCUT2D eigenvalue weighted by Gasteiger charge is -2.12. The summed E-state index contributed by atoms with van der Waals surface area (Å²) < 4.78 is 8.99. The van der Waals surface area contributed by atoms with Crippen molar-refractivity contribution in [2.24, 2.45) is 0 Å². The third-order valence-corrected chi connectivity index (χ3v) is 5.17. The zero-order valence-corrected chi connectivity index (χ0v) is 17.3. The minimum atomic E-state index is -0.215. The van der Waals surface area contributed by atoms with Gasteiger partial charge in [-0.05, 0) is 41.5 Å². The van der Waals surface area contributed by atoms with Crippen molar-refractivity contribution in [1.29, 1.82) is 0 Å². The minimum absolute atomic E-state index is 0.215. The van der Waals surface area contributed by atoms with Crippen LogP contribution >= 0.6 is 0 Å². The van der Waals surface area contributed by atoms with Crippen LogP contribution < -0.4 is 5.32 Å². The van der Waals surface area contributed by atoms with Crippen LogP contribution in [0.15, 0.2) is 102 Å². The van der Waals surface area contributed by atoms with Gasteiger partial charge in [0.05, 0.1) is 18.5 Å². The molecule has 0 unspecified atom stereocenters. The van der Waals surface area contributed by atoms with Gasteiger partial charge < -0.3 is 9.73 Å². The summed E-state index contributed by atoms with van der Waals surface area (Å²) in [5.74, 6) is 0.395. The molecule has 5 rings (SSSR count). The number of hydrogen-bond acceptors (Lipinski definition) is 4. The summed E-state index contributed by atoms with van der Waals surface area (Å²) in [5, 5.41) is 11.9. The molecule has 5 aromatic rings. The van der Waals surface area contributed by atoms with Gasteiger partial charge in [-0.15, -0.1) is 0 Å². The Labute approximate surface area is 184 Å². The number of nitrogens with one attached hydrogen (secondary N) is 1. The van der Waals surface area contributed by atoms with E-state index in [0.717, 1.165) is 16.8 Å². The number of amides is 1. The van der Waals surface area contributed by atoms with Gasteiger partial charge in [0, 0.05) is 25.0 Å². The highest BCUT2D eigenvalue weighted by molar-refractivity contribution is 5.94. The number of benzene rings is 2. The van der Waals surface area contributed by atoms with Crippen LogP contribution in [0.3, 0.4) is 0 Å². The third-order valence-electron chi connectivity index (χ3n) is 5.17. The topological polar surface area (TPSA) is 77.9 Å². The zero-order chi connectivity index (χ0) is 21.8. The highest BCUT2D eigenvalue weighted by Gasteiger charge is 2.19. The second-order valence-electron chi connectivity index (χ2n) is 7.29. The fourth-order valence-corrected chi connectivity index (χ4v) is 3.57. The molecule has 158 valence electrons. The van der Waals surface area contributed by atoms with E-state index in [1.807, 2.05) is 77.6 Å². The lowest BCUT2D eigenvalue weighted by atomic mass is 10.1. The molecule has 2 aromatic carbocycles. The van der Waals surface area contributed by atoms with E-state index in [1.165, 1.54) is 0 Å². The largest absolute Gasteiger partial charge is 0.463 e. The highest BCUT2D eigenvalue weighted by Crippen LogP contribution is 2.22. The van der Waals surface area contributed by atoms with Crippen LogP contribution in [-0.2, 0) is 13.1 Å². The van der Waals surface area contributed by atoms with Crippen LogP contribution in [0.2, 0.25) is 0 Å². The molecule has 0 spiro atoms. The monoisotopic (exact) mass is 423 g/mol. The van der Waals surface area contributed by atoms with Gasteiger partial charge in [0.1, 0.15) is 11.4 Å². The summed E-state index contributed by atoms with van der Waals surface area (Å²) in [6, 6.07) is 24.9. The lowest BCUT2D eigenvalue weighted by molar-refractivity contribution is 0.0943. The second-order valence-corrected chi connectivity index (χ2v) is 7.29. The molecule has 1 N–H and O–H groups in total. The Hall–Kier alpha value is -4.39. The van der Waals surface area contributed by atoms with Crippen LogP contribution in [0.1, 0.15) is 21.6 Å². The number of nitrogens with zero attached hydrogens (tertiary/aromatic N) is 4. The molecule has 0 aliphatic carbocycles. The van der Waals surface area contributed by atoms with E-state index in [0.29, 0.717) is 30.2 Å². The van der Waals surface area contributed by atoms with E-state index in [-0.39, 0.29) is 5.91 Å². The molecule has 0 saturated carbocycles. The smallest absolute Gasteiger partial charge is 0.270 e. The summed E-state index contributed by atoms with van der Waals surface area (Å²) in [5.41, 5.74) is 3.97. The summed E-state index contributed by atoms with van der Waals surface area (Å²) in [6.45, 7) is 1.04. The standard InChI is InChI=1S/C25H21N5O2/c31-25(26-17-19-8-4-5-9-20(19)18-29-14-7-13-27-29)23-16-22(24-12-6-15-32-24)28-30(23)21-10-2-1-3-11-21/h1-16H,17-18H2,(H,26,31). The summed E-state index contributed by atoms with van der Waals surface area (Å²) in [6.07, 6.45) is 5.27. The maximum Gasteiger partial charge on any atom is 0.270 e. The van der Waals surface area contributed by atoms with Gasteiger partial charge in [0.25, 0.3) is 5.91 Å². The molecule has 0 aliphatic heterocycles. The molecule has 7 heteroatoms. The van der Waals surface area contributed by atoms with Crippen molar-refractivity contribution >= 4 is 5.91 Å². The van der Waals surface area contributed by atoms with Crippen molar-refractivity contribution in [3.8, 4) is 17.1 Å². The number of carbonyl (C=O) groups is 1. The second kappa shape index (κ2) is 8.77. The lowest BCUT2D eigenvalue weighted by Crippen LogP contribution is -2.26. The molecule has 7 nitrogen and oxygen atoms in total. The van der Waals surface area contributed by atoms with Crippen LogP contribution in [0.4, 0.5) is 0 Å². The molecule has 3 aromatic heterocycles. The fourth-order valence-electron chi connectivity index (χ4n) is 3.57. The van der Waals surface area contributed by atoms with Gasteiger partial charge in [0.15, 0.2) is 5.76 Å². The maximum absolute atomic E-state index is 13.2. The molecule has 0 aliphatic rings. The predicted molar refractivity (Wildman–Crippen MR) is 120 cm³/mol. The zero-order valence-electron chi connectivity index (χ0n) is 17.3. The Kier molecular flexibility index (Phi) is 5.36. The van der Waals surface area contributed by atoms with E-state index < -0.39 is 0 Å². The fraction of sp³-hybridized carbons (Fsp3) is 0.0800. The Morgan fingerprint density at radius 1 is 0.938 bits per heavy atom. The van der Waals surface area contributed by atoms with E-state index in [2.05, 4.69) is 15.5 Å². The van der Waals surface area contributed by atoms with Crippen LogP contribution in [0, 0.1) is 0 Å². The average molecular weight is 423 g/mol. The highest BCUT2D eigenvalue weighted by atomic mass is 16.3. The number of rotatable bonds is 7. The van der Waals surface area contributed by atoms with E-state index in [9.17, 15) is 4.79 Å². The molecule has 0 radical (unpaired) electrons. The molecular weight excluding hydrogens is 402 g/mol. The van der Waals surface area contributed by atoms with Gasteiger partial charge in [0.2, 0.25) is 0 Å². The molecule has 0 bridgehead atoms. The molecule has 0 saturated heterocycles. The Balaban J connectivity index is 1.40. The van der Waals surface area contributed by atoms with E-state index in [4.69, 9.17) is 4.42 Å². The number of hydrogen-bond donors (Lipinski definition) is 1. The van der Waals surface area contributed by atoms with E-state index >= 15 is 0 Å². The van der Waals surface area contributed by atoms with Gasteiger partial charge in [-0.2, -0.15) is 10.2 Å². The summed E-state index contributed by atoms with van der Waals surface area (Å²) >= 11 is 0. The number of aromatic nitrogens is 4. The van der Waals surface area contributed by atoms with E-state index in [1.54, 1.807) is 29.3 Å². The van der Waals surface area contributed by atoms with Crippen LogP contribution in [0.5, 0.6) is 0 Å². The van der Waals surface area contributed by atoms with Crippen molar-refractivity contribution in [2.45, 2.75) is 13.1 Å². The number of para-hydroxylation sites is 1. The van der Waals surface area contributed by atoms with Gasteiger partial charge in [-0.1, -0.05) is 42.5 Å². The van der Waals surface area contributed by atoms with Crippen LogP contribution in [-0.4, -0.2) is 25.5 Å². The SMILES string of the molecule is O=C(NCc1ccccc1Cn1cccn1)c1cc(-c2ccco2)nn1-c1ccccc1. The quantitative estimate of drug-likeness (QED) is 0.423. The first-order valence-electron chi connectivity index (χ1n) is 10.3. The van der Waals surface area contributed by atoms with Crippen LogP contribution in [0.25, 0.3) is 17.1 Å². The molecule has 32 heavy (non-hydrogen) atoms. The Bertz CT molecular complexity index is 1310. The first-order valence-corrected chi connectivity index (χ1v) is 10.3. The van der Waals surface area contributed by atoms with Crippen molar-refractivity contribution in [3.63, 3.8) is 0 Å². The van der Waals surface area contributed by atoms with Gasteiger partial charge in [-0.3, -0.25) is 9.48 Å². The molecule has 1 amide bonds. The first-order chi connectivity index (χ1) is 15.8. The number of furan rings is 1. The van der Waals surface area contributed by atoms with Gasteiger partial charge in [-0.25, -0.2) is 4.68 Å². The van der Waals surface area contributed by atoms with Crippen molar-refractivity contribution in [3.05, 3.63) is 114 Å². The maximum atomic E-state index is 13.2. The minimum Gasteiger partial charge on any atom is -0.463 e. The predicted octanol–water partition coefficient (Wildman–Crippen LogP) is 4.31. The van der Waals surface area contributed by atoms with Crippen molar-refractivity contribution in [1.82, 2.24) is 24.9 Å². The summed E-state index contributed by atoms with van der Waals surface area (Å²) in [7, 11) is 0. The van der Waals surface area contributed by atoms with Crippen molar-refractivity contribution in [2.75, 3.05) is 0 Å².